The highest BCUT2D eigenvalue weighted by Crippen LogP contribution is 2.44. The maximum absolute atomic E-state index is 9.95. The summed E-state index contributed by atoms with van der Waals surface area (Å²) in [5, 5.41) is 11.7. The van der Waals surface area contributed by atoms with Crippen LogP contribution in [-0.4, -0.2) is 49.3 Å². The molecular formula is C51H49ClO7S. The Balaban J connectivity index is 1.21. The molecule has 7 aromatic rings. The third-order valence-electron chi connectivity index (χ3n) is 10.6. The minimum atomic E-state index is -0.719. The number of halogens is 1. The van der Waals surface area contributed by atoms with Crippen molar-refractivity contribution in [2.45, 2.75) is 63.4 Å². The summed E-state index contributed by atoms with van der Waals surface area (Å²) >= 11 is 8.85. The van der Waals surface area contributed by atoms with Gasteiger partial charge in [0.2, 0.25) is 0 Å². The molecule has 308 valence electrons. The highest BCUT2D eigenvalue weighted by molar-refractivity contribution is 7.19. The standard InChI is InChI=1S/C51H49ClO7S/c52-44-30-45(55-26-25-53)43(29-41(44)28-42-27-40-23-13-14-24-47(40)60-42)48-50(57-33-38-19-9-3-10-20-38)51(58-34-39-21-11-4-12-22-39)49(56-32-37-17-7-2-8-18-37)46(59-48)35-54-31-36-15-5-1-6-16-36/h1-24,27,29-30,46,48-51,53H,25-26,28,31-35H2/t46-,48+,49-,50+,51+/m1/s1. The Morgan fingerprint density at radius 2 is 1.12 bits per heavy atom. The van der Waals surface area contributed by atoms with Crippen molar-refractivity contribution in [1.29, 1.82) is 0 Å². The normalized spacial score (nSPS) is 19.1. The van der Waals surface area contributed by atoms with Gasteiger partial charge in [0.05, 0.1) is 39.6 Å². The molecule has 2 heterocycles. The molecule has 0 spiro atoms. The minimum absolute atomic E-state index is 0.0710. The summed E-state index contributed by atoms with van der Waals surface area (Å²) in [6.07, 6.45) is -2.62. The quantitative estimate of drug-likeness (QED) is 0.0869. The Kier molecular flexibility index (Phi) is 14.7. The number of hydrogen-bond acceptors (Lipinski definition) is 8. The monoisotopic (exact) mass is 840 g/mol. The molecule has 0 aliphatic carbocycles. The number of aliphatic hydroxyl groups excluding tert-OH is 1. The molecule has 8 rings (SSSR count). The first-order valence-electron chi connectivity index (χ1n) is 20.4. The van der Waals surface area contributed by atoms with Crippen molar-refractivity contribution >= 4 is 33.0 Å². The van der Waals surface area contributed by atoms with Gasteiger partial charge in [0.15, 0.2) is 0 Å². The molecule has 0 amide bonds. The summed E-state index contributed by atoms with van der Waals surface area (Å²) in [6.45, 7) is 1.46. The number of ether oxygens (including phenoxy) is 6. The van der Waals surface area contributed by atoms with E-state index in [1.807, 2.05) is 115 Å². The van der Waals surface area contributed by atoms with E-state index in [9.17, 15) is 5.11 Å². The van der Waals surface area contributed by atoms with Gasteiger partial charge in [0, 0.05) is 26.6 Å². The van der Waals surface area contributed by atoms with Crippen LogP contribution in [0.2, 0.25) is 5.02 Å². The van der Waals surface area contributed by atoms with E-state index in [1.54, 1.807) is 11.3 Å². The molecule has 0 bridgehead atoms. The number of thiophene rings is 1. The van der Waals surface area contributed by atoms with E-state index >= 15 is 0 Å². The Morgan fingerprint density at radius 3 is 1.70 bits per heavy atom. The van der Waals surface area contributed by atoms with E-state index in [0.29, 0.717) is 43.6 Å². The summed E-state index contributed by atoms with van der Waals surface area (Å²) in [4.78, 5) is 1.18. The summed E-state index contributed by atoms with van der Waals surface area (Å²) in [6, 6.07) is 54.9. The van der Waals surface area contributed by atoms with E-state index in [1.165, 1.54) is 15.0 Å². The Labute approximate surface area is 361 Å². The van der Waals surface area contributed by atoms with Gasteiger partial charge in [-0.05, 0) is 57.5 Å². The van der Waals surface area contributed by atoms with Crippen molar-refractivity contribution in [3.63, 3.8) is 0 Å². The average molecular weight is 841 g/mol. The molecule has 1 saturated heterocycles. The van der Waals surface area contributed by atoms with Crippen LogP contribution in [0.4, 0.5) is 0 Å². The lowest BCUT2D eigenvalue weighted by atomic mass is 9.89. The second-order valence-electron chi connectivity index (χ2n) is 14.9. The van der Waals surface area contributed by atoms with Gasteiger partial charge in [0.1, 0.15) is 42.9 Å². The minimum Gasteiger partial charge on any atom is -0.491 e. The topological polar surface area (TPSA) is 75.6 Å². The van der Waals surface area contributed by atoms with Crippen LogP contribution in [0.1, 0.15) is 44.4 Å². The molecule has 9 heteroatoms. The van der Waals surface area contributed by atoms with Crippen molar-refractivity contribution in [1.82, 2.24) is 0 Å². The fraction of sp³-hybridized carbons (Fsp3) is 0.255. The molecule has 60 heavy (non-hydrogen) atoms. The molecule has 1 fully saturated rings. The Hall–Kier alpha value is -4.87. The predicted molar refractivity (Wildman–Crippen MR) is 237 cm³/mol. The van der Waals surface area contributed by atoms with Gasteiger partial charge < -0.3 is 33.5 Å². The highest BCUT2D eigenvalue weighted by atomic mass is 35.5. The molecule has 5 atom stereocenters. The predicted octanol–water partition coefficient (Wildman–Crippen LogP) is 10.9. The molecule has 1 N–H and O–H groups in total. The maximum atomic E-state index is 9.95. The number of fused-ring (bicyclic) bond motifs is 1. The van der Waals surface area contributed by atoms with E-state index in [2.05, 4.69) is 48.5 Å². The van der Waals surface area contributed by atoms with Crippen LogP contribution in [0.25, 0.3) is 10.1 Å². The number of hydrogen-bond donors (Lipinski definition) is 1. The van der Waals surface area contributed by atoms with Crippen molar-refractivity contribution in [2.75, 3.05) is 19.8 Å². The zero-order valence-electron chi connectivity index (χ0n) is 33.3. The van der Waals surface area contributed by atoms with Crippen LogP contribution in [0.3, 0.4) is 0 Å². The fourth-order valence-electron chi connectivity index (χ4n) is 7.61. The first-order chi connectivity index (χ1) is 29.6. The average Bonchev–Trinajstić information content (AvgIpc) is 3.71. The molecule has 1 aromatic heterocycles. The van der Waals surface area contributed by atoms with Crippen LogP contribution in [0.5, 0.6) is 5.75 Å². The lowest BCUT2D eigenvalue weighted by Gasteiger charge is -2.46. The molecular weight excluding hydrogens is 792 g/mol. The second kappa shape index (κ2) is 21.1. The van der Waals surface area contributed by atoms with Crippen molar-refractivity contribution in [2.24, 2.45) is 0 Å². The number of rotatable bonds is 19. The first-order valence-corrected chi connectivity index (χ1v) is 21.6. The highest BCUT2D eigenvalue weighted by Gasteiger charge is 2.50. The summed E-state index contributed by atoms with van der Waals surface area (Å²) in [5.74, 6) is 0.502. The van der Waals surface area contributed by atoms with E-state index in [0.717, 1.165) is 33.4 Å². The number of aliphatic hydroxyl groups is 1. The zero-order chi connectivity index (χ0) is 40.9. The van der Waals surface area contributed by atoms with Crippen LogP contribution >= 0.6 is 22.9 Å². The molecule has 6 aromatic carbocycles. The lowest BCUT2D eigenvalue weighted by Crippen LogP contribution is -2.58. The Morgan fingerprint density at radius 1 is 0.583 bits per heavy atom. The molecule has 7 nitrogen and oxygen atoms in total. The smallest absolute Gasteiger partial charge is 0.126 e. The van der Waals surface area contributed by atoms with Crippen molar-refractivity contribution in [3.8, 4) is 5.75 Å². The third kappa shape index (κ3) is 10.9. The van der Waals surface area contributed by atoms with Crippen LogP contribution in [0.15, 0.2) is 164 Å². The molecule has 0 radical (unpaired) electrons. The van der Waals surface area contributed by atoms with Gasteiger partial charge in [-0.2, -0.15) is 0 Å². The van der Waals surface area contributed by atoms with Crippen LogP contribution < -0.4 is 4.74 Å². The maximum Gasteiger partial charge on any atom is 0.126 e. The molecule has 0 unspecified atom stereocenters. The molecule has 1 aliphatic rings. The van der Waals surface area contributed by atoms with Gasteiger partial charge >= 0.3 is 0 Å². The first kappa shape index (κ1) is 41.8. The second-order valence-corrected chi connectivity index (χ2v) is 16.4. The van der Waals surface area contributed by atoms with E-state index in [-0.39, 0.29) is 19.8 Å². The van der Waals surface area contributed by atoms with Gasteiger partial charge in [-0.1, -0.05) is 151 Å². The summed E-state index contributed by atoms with van der Waals surface area (Å²) in [7, 11) is 0. The van der Waals surface area contributed by atoms with Gasteiger partial charge in [-0.25, -0.2) is 0 Å². The number of benzene rings is 6. The largest absolute Gasteiger partial charge is 0.491 e. The van der Waals surface area contributed by atoms with Crippen LogP contribution in [-0.2, 0) is 56.5 Å². The SMILES string of the molecule is OCCOc1cc(Cl)c(Cc2cc3ccccc3s2)cc1[C@@H]1O[C@H](COCc2ccccc2)[C@@H](OCc2ccccc2)[C@H](OCc2ccccc2)[C@H]1OCc1ccccc1. The van der Waals surface area contributed by atoms with Gasteiger partial charge in [-0.3, -0.25) is 0 Å². The summed E-state index contributed by atoms with van der Waals surface area (Å²) in [5.41, 5.74) is 5.76. The Bertz CT molecular complexity index is 2330. The van der Waals surface area contributed by atoms with Gasteiger partial charge in [-0.15, -0.1) is 11.3 Å². The van der Waals surface area contributed by atoms with E-state index < -0.39 is 30.5 Å². The molecule has 0 saturated carbocycles. The summed E-state index contributed by atoms with van der Waals surface area (Å²) < 4.78 is 42.2. The third-order valence-corrected chi connectivity index (χ3v) is 12.0. The molecule has 1 aliphatic heterocycles. The van der Waals surface area contributed by atoms with Crippen LogP contribution in [0, 0.1) is 0 Å². The van der Waals surface area contributed by atoms with E-state index in [4.69, 9.17) is 40.0 Å². The fourth-order valence-corrected chi connectivity index (χ4v) is 8.92. The lowest BCUT2D eigenvalue weighted by molar-refractivity contribution is -0.275. The van der Waals surface area contributed by atoms with Crippen molar-refractivity contribution < 1.29 is 33.5 Å². The van der Waals surface area contributed by atoms with Gasteiger partial charge in [0.25, 0.3) is 0 Å². The van der Waals surface area contributed by atoms with Crippen molar-refractivity contribution in [3.05, 3.63) is 207 Å². The zero-order valence-corrected chi connectivity index (χ0v) is 34.9.